The van der Waals surface area contributed by atoms with Crippen molar-refractivity contribution in [3.63, 3.8) is 0 Å². The molecule has 0 saturated heterocycles. The summed E-state index contributed by atoms with van der Waals surface area (Å²) < 4.78 is 6.12. The monoisotopic (exact) mass is 438 g/mol. The number of thiocarbonyl (C=S) groups is 1. The summed E-state index contributed by atoms with van der Waals surface area (Å²) in [7, 11) is 0. The molecule has 0 aliphatic rings. The Morgan fingerprint density at radius 1 is 1.28 bits per heavy atom. The molecule has 0 radical (unpaired) electrons. The van der Waals surface area contributed by atoms with Crippen LogP contribution in [0.2, 0.25) is 5.02 Å². The van der Waals surface area contributed by atoms with Crippen LogP contribution in [-0.4, -0.2) is 22.7 Å². The molecule has 2 rings (SSSR count). The Morgan fingerprint density at radius 3 is 2.52 bits per heavy atom. The maximum absolute atomic E-state index is 12.1. The molecular weight excluding hydrogens is 424 g/mol. The number of alkyl carbamates (subject to hydrolysis) is 1. The topological polar surface area (TPSA) is 62.2 Å². The maximum atomic E-state index is 12.1. The number of halogens is 2. The molecule has 0 spiro atoms. The molecule has 0 heterocycles. The normalized spacial score (nSPS) is 11.5. The lowest BCUT2D eigenvalue weighted by Crippen LogP contribution is -2.45. The highest BCUT2D eigenvalue weighted by atomic mass is 79.9. The average Bonchev–Trinajstić information content (AvgIpc) is 2.59. The van der Waals surface area contributed by atoms with E-state index in [1.807, 2.05) is 30.3 Å². The summed E-state index contributed by atoms with van der Waals surface area (Å²) in [5.74, 6) is 0. The van der Waals surface area contributed by atoms with Crippen LogP contribution in [-0.2, 0) is 11.3 Å². The number of carbonyl (C=O) groups excluding carboxylic acids is 1. The van der Waals surface area contributed by atoms with E-state index in [0.29, 0.717) is 15.5 Å². The van der Waals surface area contributed by atoms with Gasteiger partial charge in [-0.1, -0.05) is 70.1 Å². The minimum Gasteiger partial charge on any atom is -0.445 e. The number of amides is 1. The van der Waals surface area contributed by atoms with E-state index in [1.165, 1.54) is 0 Å². The summed E-state index contributed by atoms with van der Waals surface area (Å²) in [6, 6.07) is 13.8. The van der Waals surface area contributed by atoms with Gasteiger partial charge < -0.3 is 15.5 Å². The first kappa shape index (κ1) is 19.6. The Bertz CT molecular complexity index is 796. The van der Waals surface area contributed by atoms with Gasteiger partial charge in [0.05, 0.1) is 4.86 Å². The molecule has 1 amide bonds. The van der Waals surface area contributed by atoms with E-state index in [0.717, 1.165) is 10.0 Å². The summed E-state index contributed by atoms with van der Waals surface area (Å²) in [4.78, 5) is 12.5. The highest BCUT2D eigenvalue weighted by molar-refractivity contribution is 9.10. The number of carbonyl (C=O) groups is 1. The second-order valence-electron chi connectivity index (χ2n) is 5.30. The van der Waals surface area contributed by atoms with Gasteiger partial charge in [0.25, 0.3) is 0 Å². The molecule has 130 valence electrons. The van der Waals surface area contributed by atoms with Gasteiger partial charge in [0.15, 0.2) is 0 Å². The molecular formula is C18H16BrClN2O2S. The van der Waals surface area contributed by atoms with Crippen LogP contribution in [0.1, 0.15) is 18.1 Å². The first-order chi connectivity index (χ1) is 11.9. The van der Waals surface area contributed by atoms with Crippen molar-refractivity contribution < 1.29 is 9.53 Å². The van der Waals surface area contributed by atoms with Crippen molar-refractivity contribution in [1.29, 1.82) is 5.41 Å². The fourth-order valence-electron chi connectivity index (χ4n) is 2.07. The Labute approximate surface area is 165 Å². The Morgan fingerprint density at radius 2 is 1.92 bits per heavy atom. The number of hydrogen-bond donors (Lipinski definition) is 2. The van der Waals surface area contributed by atoms with E-state index in [-0.39, 0.29) is 12.3 Å². The van der Waals surface area contributed by atoms with Gasteiger partial charge in [-0.15, -0.1) is 0 Å². The summed E-state index contributed by atoms with van der Waals surface area (Å²) >= 11 is 14.8. The van der Waals surface area contributed by atoms with Gasteiger partial charge in [-0.3, -0.25) is 0 Å². The van der Waals surface area contributed by atoms with Crippen molar-refractivity contribution >= 4 is 56.4 Å². The predicted octanol–water partition coefficient (Wildman–Crippen LogP) is 5.16. The molecule has 0 saturated carbocycles. The smallest absolute Gasteiger partial charge is 0.408 e. The molecule has 1 atom stereocenters. The molecule has 0 fully saturated rings. The van der Waals surface area contributed by atoms with E-state index in [9.17, 15) is 4.79 Å². The van der Waals surface area contributed by atoms with Crippen LogP contribution in [0.25, 0.3) is 0 Å². The van der Waals surface area contributed by atoms with Gasteiger partial charge in [0.1, 0.15) is 12.6 Å². The first-order valence-electron chi connectivity index (χ1n) is 7.40. The molecule has 0 aliphatic heterocycles. The SMILES string of the molecule is CC(=N)C(NC(=O)OCc1ccccc1Cl)C(=S)c1ccc(Br)cc1. The third-order valence-electron chi connectivity index (χ3n) is 3.40. The van der Waals surface area contributed by atoms with Crippen molar-refractivity contribution in [2.24, 2.45) is 0 Å². The van der Waals surface area contributed by atoms with Crippen LogP contribution in [0.15, 0.2) is 53.0 Å². The molecule has 4 nitrogen and oxygen atoms in total. The standard InChI is InChI=1S/C18H16BrClN2O2S/c1-11(21)16(17(25)12-6-8-14(19)9-7-12)22-18(23)24-10-13-4-2-3-5-15(13)20/h2-9,16,21H,10H2,1H3,(H,22,23). The molecule has 0 bridgehead atoms. The molecule has 2 aromatic carbocycles. The summed E-state index contributed by atoms with van der Waals surface area (Å²) in [5, 5.41) is 11.1. The van der Waals surface area contributed by atoms with Crippen LogP contribution < -0.4 is 5.32 Å². The van der Waals surface area contributed by atoms with Gasteiger partial charge >= 0.3 is 6.09 Å². The minimum atomic E-state index is -0.713. The minimum absolute atomic E-state index is 0.0420. The molecule has 7 heteroatoms. The highest BCUT2D eigenvalue weighted by Gasteiger charge is 2.21. The van der Waals surface area contributed by atoms with E-state index in [1.54, 1.807) is 25.1 Å². The Kier molecular flexibility index (Phi) is 7.11. The van der Waals surface area contributed by atoms with Crippen LogP contribution in [0, 0.1) is 5.41 Å². The third-order valence-corrected chi connectivity index (χ3v) is 4.77. The highest BCUT2D eigenvalue weighted by Crippen LogP contribution is 2.16. The van der Waals surface area contributed by atoms with Crippen molar-refractivity contribution in [3.8, 4) is 0 Å². The van der Waals surface area contributed by atoms with Gasteiger partial charge in [-0.2, -0.15) is 0 Å². The molecule has 0 aliphatic carbocycles. The number of benzene rings is 2. The van der Waals surface area contributed by atoms with Crippen LogP contribution in [0.5, 0.6) is 0 Å². The fourth-order valence-corrected chi connectivity index (χ4v) is 2.90. The van der Waals surface area contributed by atoms with Gasteiger partial charge in [0.2, 0.25) is 0 Å². The zero-order valence-electron chi connectivity index (χ0n) is 13.4. The van der Waals surface area contributed by atoms with Gasteiger partial charge in [-0.05, 0) is 30.7 Å². The quantitative estimate of drug-likeness (QED) is 0.371. The van der Waals surface area contributed by atoms with Crippen molar-refractivity contribution in [2.45, 2.75) is 19.6 Å². The van der Waals surface area contributed by atoms with Crippen molar-refractivity contribution in [2.75, 3.05) is 0 Å². The molecule has 1 unspecified atom stereocenters. The number of hydrogen-bond acceptors (Lipinski definition) is 4. The first-order valence-corrected chi connectivity index (χ1v) is 8.98. The van der Waals surface area contributed by atoms with Crippen molar-refractivity contribution in [1.82, 2.24) is 5.32 Å². The largest absolute Gasteiger partial charge is 0.445 e. The third kappa shape index (κ3) is 5.63. The molecule has 2 N–H and O–H groups in total. The van der Waals surface area contributed by atoms with Gasteiger partial charge in [-0.25, -0.2) is 4.79 Å². The number of nitrogens with one attached hydrogen (secondary N) is 2. The summed E-state index contributed by atoms with van der Waals surface area (Å²) in [5.41, 5.74) is 1.70. The second kappa shape index (κ2) is 9.08. The lowest BCUT2D eigenvalue weighted by atomic mass is 10.0. The lowest BCUT2D eigenvalue weighted by molar-refractivity contribution is 0.140. The summed E-state index contributed by atoms with van der Waals surface area (Å²) in [6.45, 7) is 1.63. The van der Waals surface area contributed by atoms with Crippen molar-refractivity contribution in [3.05, 3.63) is 69.2 Å². The maximum Gasteiger partial charge on any atom is 0.408 e. The Hall–Kier alpha value is -1.76. The number of rotatable bonds is 6. The van der Waals surface area contributed by atoms with Crippen LogP contribution in [0.4, 0.5) is 4.79 Å². The zero-order valence-corrected chi connectivity index (χ0v) is 16.5. The van der Waals surface area contributed by atoms with E-state index < -0.39 is 12.1 Å². The van der Waals surface area contributed by atoms with Crippen LogP contribution in [0.3, 0.4) is 0 Å². The molecule has 0 aromatic heterocycles. The number of ether oxygens (including phenoxy) is 1. The van der Waals surface area contributed by atoms with E-state index >= 15 is 0 Å². The lowest BCUT2D eigenvalue weighted by Gasteiger charge is -2.19. The average molecular weight is 440 g/mol. The molecule has 2 aromatic rings. The van der Waals surface area contributed by atoms with E-state index in [4.69, 9.17) is 34.0 Å². The Balaban J connectivity index is 2.02. The second-order valence-corrected chi connectivity index (χ2v) is 7.06. The molecule has 25 heavy (non-hydrogen) atoms. The van der Waals surface area contributed by atoms with Crippen LogP contribution >= 0.6 is 39.7 Å². The zero-order chi connectivity index (χ0) is 18.4. The predicted molar refractivity (Wildman–Crippen MR) is 108 cm³/mol. The fraction of sp³-hybridized carbons (Fsp3) is 0.167. The summed E-state index contributed by atoms with van der Waals surface area (Å²) in [6.07, 6.45) is -0.656. The van der Waals surface area contributed by atoms with Gasteiger partial charge in [0, 0.05) is 20.8 Å². The van der Waals surface area contributed by atoms with E-state index in [2.05, 4.69) is 21.2 Å².